The van der Waals surface area contributed by atoms with Gasteiger partial charge in [0.15, 0.2) is 11.6 Å². The maximum Gasteiger partial charge on any atom is 0.165 e. The van der Waals surface area contributed by atoms with Crippen LogP contribution in [0.15, 0.2) is 42.5 Å². The van der Waals surface area contributed by atoms with Crippen molar-refractivity contribution in [3.63, 3.8) is 0 Å². The minimum absolute atomic E-state index is 0.218. The Morgan fingerprint density at radius 2 is 1.75 bits per heavy atom. The molecule has 0 heterocycles. The Balaban J connectivity index is 2.19. The van der Waals surface area contributed by atoms with Crippen LogP contribution in [0.5, 0.6) is 11.5 Å². The van der Waals surface area contributed by atoms with Gasteiger partial charge in [-0.25, -0.2) is 4.39 Å². The van der Waals surface area contributed by atoms with Crippen molar-refractivity contribution >= 4 is 11.6 Å². The molecule has 0 saturated heterocycles. The molecule has 0 bridgehead atoms. The number of benzene rings is 2. The van der Waals surface area contributed by atoms with E-state index in [9.17, 15) is 4.39 Å². The van der Waals surface area contributed by atoms with Crippen molar-refractivity contribution in [3.8, 4) is 11.5 Å². The van der Waals surface area contributed by atoms with Crippen molar-refractivity contribution < 1.29 is 13.9 Å². The molecule has 1 atom stereocenters. The first-order chi connectivity index (χ1) is 9.65. The highest BCUT2D eigenvalue weighted by molar-refractivity contribution is 6.20. The van der Waals surface area contributed by atoms with Crippen molar-refractivity contribution in [3.05, 3.63) is 59.4 Å². The highest BCUT2D eigenvalue weighted by Crippen LogP contribution is 2.31. The molecular formula is C16H16ClFO2. The minimum atomic E-state index is -0.407. The Kier molecular flexibility index (Phi) is 4.85. The summed E-state index contributed by atoms with van der Waals surface area (Å²) in [5.41, 5.74) is 1.71. The van der Waals surface area contributed by atoms with Crippen LogP contribution in [0.3, 0.4) is 0 Å². The lowest BCUT2D eigenvalue weighted by molar-refractivity contribution is 0.386. The third-order valence-corrected chi connectivity index (χ3v) is 3.54. The molecule has 2 nitrogen and oxygen atoms in total. The lowest BCUT2D eigenvalue weighted by Crippen LogP contribution is -2.00. The van der Waals surface area contributed by atoms with Crippen molar-refractivity contribution in [2.45, 2.75) is 11.8 Å². The summed E-state index contributed by atoms with van der Waals surface area (Å²) in [5.74, 6) is 0.595. The van der Waals surface area contributed by atoms with Gasteiger partial charge in [-0.2, -0.15) is 0 Å². The van der Waals surface area contributed by atoms with Gasteiger partial charge in [-0.1, -0.05) is 24.3 Å². The van der Waals surface area contributed by atoms with Crippen LogP contribution in [0, 0.1) is 5.82 Å². The number of hydrogen-bond donors (Lipinski definition) is 0. The number of rotatable bonds is 5. The van der Waals surface area contributed by atoms with E-state index in [2.05, 4.69) is 0 Å². The molecular weight excluding hydrogens is 279 g/mol. The molecule has 0 aliphatic rings. The second-order valence-corrected chi connectivity index (χ2v) is 4.90. The van der Waals surface area contributed by atoms with E-state index in [1.165, 1.54) is 13.2 Å². The summed E-state index contributed by atoms with van der Waals surface area (Å²) in [6.07, 6.45) is 0.567. The Morgan fingerprint density at radius 1 is 1.05 bits per heavy atom. The largest absolute Gasteiger partial charge is 0.496 e. The number of ether oxygens (including phenoxy) is 2. The summed E-state index contributed by atoms with van der Waals surface area (Å²) in [4.78, 5) is 0. The molecule has 0 aliphatic carbocycles. The monoisotopic (exact) mass is 294 g/mol. The lowest BCUT2D eigenvalue weighted by Gasteiger charge is -2.13. The standard InChI is InChI=1S/C16H16ClFO2/c1-19-15-6-4-3-5-12(15)9-13(17)11-7-8-16(20-2)14(18)10-11/h3-8,10,13H,9H2,1-2H3. The predicted molar refractivity (Wildman–Crippen MR) is 78.2 cm³/mol. The van der Waals surface area contributed by atoms with Crippen LogP contribution >= 0.6 is 11.6 Å². The average Bonchev–Trinajstić information content (AvgIpc) is 2.47. The van der Waals surface area contributed by atoms with Crippen LogP contribution in [0.1, 0.15) is 16.5 Å². The van der Waals surface area contributed by atoms with Crippen molar-refractivity contribution in [1.82, 2.24) is 0 Å². The van der Waals surface area contributed by atoms with Crippen molar-refractivity contribution in [1.29, 1.82) is 0 Å². The van der Waals surface area contributed by atoms with E-state index in [0.717, 1.165) is 16.9 Å². The van der Waals surface area contributed by atoms with Gasteiger partial charge in [-0.05, 0) is 35.7 Å². The Morgan fingerprint density at radius 3 is 2.40 bits per heavy atom. The average molecular weight is 295 g/mol. The molecule has 20 heavy (non-hydrogen) atoms. The maximum atomic E-state index is 13.7. The normalized spacial score (nSPS) is 12.0. The van der Waals surface area contributed by atoms with Crippen LogP contribution in [-0.4, -0.2) is 14.2 Å². The third kappa shape index (κ3) is 3.23. The minimum Gasteiger partial charge on any atom is -0.496 e. The first-order valence-electron chi connectivity index (χ1n) is 6.25. The molecule has 0 amide bonds. The molecule has 0 fully saturated rings. The molecule has 0 N–H and O–H groups in total. The Bertz CT molecular complexity index is 586. The van der Waals surface area contributed by atoms with Crippen LogP contribution in [0.25, 0.3) is 0 Å². The van der Waals surface area contributed by atoms with E-state index in [1.54, 1.807) is 19.2 Å². The molecule has 0 saturated carbocycles. The number of halogens is 2. The fourth-order valence-corrected chi connectivity index (χ4v) is 2.36. The van der Waals surface area contributed by atoms with Gasteiger partial charge in [0, 0.05) is 0 Å². The number of methoxy groups -OCH3 is 2. The number of para-hydroxylation sites is 1. The summed E-state index contributed by atoms with van der Waals surface area (Å²) in [6.45, 7) is 0. The van der Waals surface area contributed by atoms with Crippen molar-refractivity contribution in [2.24, 2.45) is 0 Å². The van der Waals surface area contributed by atoms with E-state index in [0.29, 0.717) is 6.42 Å². The lowest BCUT2D eigenvalue weighted by atomic mass is 10.0. The molecule has 106 valence electrons. The Labute approximate surface area is 123 Å². The highest BCUT2D eigenvalue weighted by Gasteiger charge is 2.14. The van der Waals surface area contributed by atoms with Gasteiger partial charge in [-0.3, -0.25) is 0 Å². The smallest absolute Gasteiger partial charge is 0.165 e. The summed E-state index contributed by atoms with van der Waals surface area (Å²) in [5, 5.41) is -0.327. The molecule has 0 aromatic heterocycles. The molecule has 1 unspecified atom stereocenters. The zero-order chi connectivity index (χ0) is 14.5. The van der Waals surface area contributed by atoms with E-state index in [4.69, 9.17) is 21.1 Å². The van der Waals surface area contributed by atoms with E-state index in [1.807, 2.05) is 24.3 Å². The van der Waals surface area contributed by atoms with Crippen LogP contribution < -0.4 is 9.47 Å². The van der Waals surface area contributed by atoms with Crippen LogP contribution in [-0.2, 0) is 6.42 Å². The third-order valence-electron chi connectivity index (χ3n) is 3.13. The van der Waals surface area contributed by atoms with Crippen molar-refractivity contribution in [2.75, 3.05) is 14.2 Å². The zero-order valence-electron chi connectivity index (χ0n) is 11.4. The van der Waals surface area contributed by atoms with Crippen LogP contribution in [0.4, 0.5) is 4.39 Å². The molecule has 2 aromatic rings. The fraction of sp³-hybridized carbons (Fsp3) is 0.250. The zero-order valence-corrected chi connectivity index (χ0v) is 12.2. The van der Waals surface area contributed by atoms with Crippen LogP contribution in [0.2, 0.25) is 0 Å². The molecule has 2 rings (SSSR count). The summed E-state index contributed by atoms with van der Waals surface area (Å²) >= 11 is 6.37. The second kappa shape index (κ2) is 6.62. The number of alkyl halides is 1. The van der Waals surface area contributed by atoms with E-state index >= 15 is 0 Å². The highest BCUT2D eigenvalue weighted by atomic mass is 35.5. The SMILES string of the molecule is COc1ccc(C(Cl)Cc2ccccc2OC)cc1F. The topological polar surface area (TPSA) is 18.5 Å². The quantitative estimate of drug-likeness (QED) is 0.763. The van der Waals surface area contributed by atoms with Gasteiger partial charge in [0.2, 0.25) is 0 Å². The first-order valence-corrected chi connectivity index (χ1v) is 6.68. The van der Waals surface area contributed by atoms with Gasteiger partial charge >= 0.3 is 0 Å². The molecule has 0 aliphatic heterocycles. The van der Waals surface area contributed by atoms with Gasteiger partial charge in [0.25, 0.3) is 0 Å². The van der Waals surface area contributed by atoms with Gasteiger partial charge < -0.3 is 9.47 Å². The maximum absolute atomic E-state index is 13.7. The molecule has 0 radical (unpaired) electrons. The summed E-state index contributed by atoms with van der Waals surface area (Å²) in [6, 6.07) is 12.4. The predicted octanol–water partition coefficient (Wildman–Crippen LogP) is 4.37. The summed E-state index contributed by atoms with van der Waals surface area (Å²) in [7, 11) is 3.06. The first kappa shape index (κ1) is 14.7. The fourth-order valence-electron chi connectivity index (χ4n) is 2.06. The number of hydrogen-bond acceptors (Lipinski definition) is 2. The van der Waals surface area contributed by atoms with E-state index in [-0.39, 0.29) is 11.1 Å². The van der Waals surface area contributed by atoms with Gasteiger partial charge in [-0.15, -0.1) is 11.6 Å². The molecule has 0 spiro atoms. The molecule has 4 heteroatoms. The summed E-state index contributed by atoms with van der Waals surface area (Å²) < 4.78 is 23.9. The van der Waals surface area contributed by atoms with E-state index < -0.39 is 5.82 Å². The molecule has 2 aromatic carbocycles. The second-order valence-electron chi connectivity index (χ2n) is 4.38. The van der Waals surface area contributed by atoms with Gasteiger partial charge in [0.05, 0.1) is 19.6 Å². The van der Waals surface area contributed by atoms with Gasteiger partial charge in [0.1, 0.15) is 5.75 Å². The Hall–Kier alpha value is -1.74.